The van der Waals surface area contributed by atoms with E-state index in [9.17, 15) is 4.79 Å². The molecule has 0 aromatic rings. The first-order valence-electron chi connectivity index (χ1n) is 1.55. The van der Waals surface area contributed by atoms with Gasteiger partial charge in [-0.05, 0) is 0 Å². The fourth-order valence-electron chi connectivity index (χ4n) is 0. The third-order valence-electron chi connectivity index (χ3n) is 0.383. The van der Waals surface area contributed by atoms with Crippen LogP contribution in [0, 0.1) is 0 Å². The van der Waals surface area contributed by atoms with E-state index in [2.05, 4.69) is 0 Å². The highest BCUT2D eigenvalue weighted by atomic mass is 35.5. The molecule has 0 saturated heterocycles. The molecule has 4 heteroatoms. The predicted octanol–water partition coefficient (Wildman–Crippen LogP) is 0.648. The molecule has 0 rings (SSSR count). The Morgan fingerprint density at radius 3 is 1.71 bits per heavy atom. The van der Waals surface area contributed by atoms with Crippen molar-refractivity contribution in [1.29, 1.82) is 0 Å². The molecule has 0 aliphatic heterocycles. The average molecular weight is 126 g/mol. The molecule has 0 aromatic carbocycles. The largest absolute Gasteiger partial charge is 0.465 e. The summed E-state index contributed by atoms with van der Waals surface area (Å²) in [4.78, 5) is 10.7. The molecule has 0 saturated carbocycles. The monoisotopic (exact) mass is 125 g/mol. The summed E-state index contributed by atoms with van der Waals surface area (Å²) in [5, 5.41) is 7.92. The van der Waals surface area contributed by atoms with Crippen LogP contribution in [0.25, 0.3) is 0 Å². The molecule has 7 heavy (non-hydrogen) atoms. The normalized spacial score (nSPS) is 6.57. The lowest BCUT2D eigenvalue weighted by Gasteiger charge is -1.99. The Morgan fingerprint density at radius 1 is 1.57 bits per heavy atom. The summed E-state index contributed by atoms with van der Waals surface area (Å²) in [7, 11) is 2.95. The van der Waals surface area contributed by atoms with Gasteiger partial charge in [0.05, 0.1) is 0 Å². The molecule has 0 atom stereocenters. The number of rotatable bonds is 0. The van der Waals surface area contributed by atoms with Crippen LogP contribution in [0.1, 0.15) is 0 Å². The fourth-order valence-corrected chi connectivity index (χ4v) is 0. The van der Waals surface area contributed by atoms with Crippen molar-refractivity contribution in [2.45, 2.75) is 0 Å². The van der Waals surface area contributed by atoms with E-state index in [1.165, 1.54) is 14.1 Å². The summed E-state index contributed by atoms with van der Waals surface area (Å²) in [6.07, 6.45) is -0.907. The molecule has 0 unspecified atom stereocenters. The van der Waals surface area contributed by atoms with Crippen LogP contribution >= 0.6 is 12.4 Å². The third kappa shape index (κ3) is 5.56. The lowest BCUT2D eigenvalue weighted by molar-refractivity contribution is 0.165. The Labute approximate surface area is 48.3 Å². The maximum atomic E-state index is 9.62. The van der Waals surface area contributed by atoms with Gasteiger partial charge in [-0.25, -0.2) is 4.79 Å². The zero-order valence-corrected chi connectivity index (χ0v) is 5.03. The van der Waals surface area contributed by atoms with Gasteiger partial charge in [0.25, 0.3) is 0 Å². The van der Waals surface area contributed by atoms with Gasteiger partial charge in [0.1, 0.15) is 0 Å². The second-order valence-corrected chi connectivity index (χ2v) is 1.18. The topological polar surface area (TPSA) is 40.5 Å². The fraction of sp³-hybridized carbons (Fsp3) is 0.667. The summed E-state index contributed by atoms with van der Waals surface area (Å²) in [6.45, 7) is 0. The van der Waals surface area contributed by atoms with Crippen molar-refractivity contribution in [2.24, 2.45) is 0 Å². The van der Waals surface area contributed by atoms with Crippen LogP contribution < -0.4 is 0 Å². The third-order valence-corrected chi connectivity index (χ3v) is 0.383. The van der Waals surface area contributed by atoms with E-state index in [1.54, 1.807) is 0 Å². The predicted molar refractivity (Wildman–Crippen MR) is 29.0 cm³/mol. The van der Waals surface area contributed by atoms with E-state index in [0.29, 0.717) is 0 Å². The SMILES string of the molecule is CN(C)C(=O)O.Cl. The van der Waals surface area contributed by atoms with Crippen molar-refractivity contribution in [3.8, 4) is 0 Å². The van der Waals surface area contributed by atoms with Crippen molar-refractivity contribution in [3.05, 3.63) is 0 Å². The van der Waals surface area contributed by atoms with Crippen LogP contribution in [0.3, 0.4) is 0 Å². The Bertz CT molecular complexity index is 64.0. The Morgan fingerprint density at radius 2 is 1.71 bits per heavy atom. The molecule has 0 aliphatic rings. The Kier molecular flexibility index (Phi) is 5.21. The van der Waals surface area contributed by atoms with Crippen LogP contribution in [0.5, 0.6) is 0 Å². The molecule has 1 N–H and O–H groups in total. The molecule has 0 fully saturated rings. The van der Waals surface area contributed by atoms with E-state index in [4.69, 9.17) is 5.11 Å². The highest BCUT2D eigenvalue weighted by Gasteiger charge is 1.91. The molecule has 0 spiro atoms. The van der Waals surface area contributed by atoms with Crippen LogP contribution in [0.15, 0.2) is 0 Å². The standard InChI is InChI=1S/C3H7NO2.ClH/c1-4(2)3(5)6;/h1-2H3,(H,5,6);1H. The van der Waals surface area contributed by atoms with Gasteiger partial charge < -0.3 is 10.0 Å². The van der Waals surface area contributed by atoms with E-state index in [0.717, 1.165) is 4.90 Å². The first-order valence-corrected chi connectivity index (χ1v) is 1.55. The Hall–Kier alpha value is -0.440. The van der Waals surface area contributed by atoms with Gasteiger partial charge in [-0.2, -0.15) is 0 Å². The second-order valence-electron chi connectivity index (χ2n) is 1.18. The lowest BCUT2D eigenvalue weighted by atomic mass is 10.9. The number of nitrogens with zero attached hydrogens (tertiary/aromatic N) is 1. The van der Waals surface area contributed by atoms with Crippen molar-refractivity contribution in [2.75, 3.05) is 14.1 Å². The van der Waals surface area contributed by atoms with Crippen molar-refractivity contribution in [3.63, 3.8) is 0 Å². The highest BCUT2D eigenvalue weighted by Crippen LogP contribution is 1.69. The molecule has 3 nitrogen and oxygen atoms in total. The van der Waals surface area contributed by atoms with Gasteiger partial charge in [-0.15, -0.1) is 12.4 Å². The molecule has 0 radical (unpaired) electrons. The first-order chi connectivity index (χ1) is 2.64. The van der Waals surface area contributed by atoms with Crippen molar-refractivity contribution >= 4 is 18.5 Å². The minimum Gasteiger partial charge on any atom is -0.465 e. The molecule has 44 valence electrons. The maximum Gasteiger partial charge on any atom is 0.406 e. The Balaban J connectivity index is 0. The number of carboxylic acid groups (broad SMARTS) is 1. The molecule has 0 aliphatic carbocycles. The van der Waals surface area contributed by atoms with Crippen molar-refractivity contribution in [1.82, 2.24) is 4.90 Å². The van der Waals surface area contributed by atoms with Crippen LogP contribution in [-0.4, -0.2) is 30.2 Å². The molecular formula is C3H8ClNO2. The number of amides is 1. The summed E-state index contributed by atoms with van der Waals surface area (Å²) in [6, 6.07) is 0. The van der Waals surface area contributed by atoms with Gasteiger partial charge in [0.15, 0.2) is 0 Å². The zero-order chi connectivity index (χ0) is 5.15. The quantitative estimate of drug-likeness (QED) is 0.517. The zero-order valence-electron chi connectivity index (χ0n) is 4.21. The van der Waals surface area contributed by atoms with E-state index in [1.807, 2.05) is 0 Å². The molecule has 0 bridgehead atoms. The van der Waals surface area contributed by atoms with Gasteiger partial charge >= 0.3 is 6.09 Å². The minimum absolute atomic E-state index is 0. The molecule has 0 heterocycles. The van der Waals surface area contributed by atoms with E-state index in [-0.39, 0.29) is 12.4 Å². The number of hydrogen-bond acceptors (Lipinski definition) is 1. The number of hydrogen-bond donors (Lipinski definition) is 1. The van der Waals surface area contributed by atoms with Crippen LogP contribution in [0.4, 0.5) is 4.79 Å². The van der Waals surface area contributed by atoms with E-state index < -0.39 is 6.09 Å². The van der Waals surface area contributed by atoms with Gasteiger partial charge in [-0.1, -0.05) is 0 Å². The molecular weight excluding hydrogens is 117 g/mol. The van der Waals surface area contributed by atoms with Gasteiger partial charge in [0.2, 0.25) is 0 Å². The summed E-state index contributed by atoms with van der Waals surface area (Å²) >= 11 is 0. The maximum absolute atomic E-state index is 9.62. The van der Waals surface area contributed by atoms with Crippen molar-refractivity contribution < 1.29 is 9.90 Å². The lowest BCUT2D eigenvalue weighted by Crippen LogP contribution is -2.18. The summed E-state index contributed by atoms with van der Waals surface area (Å²) in [5.74, 6) is 0. The smallest absolute Gasteiger partial charge is 0.406 e. The minimum atomic E-state index is -0.907. The second kappa shape index (κ2) is 3.74. The summed E-state index contributed by atoms with van der Waals surface area (Å²) in [5.41, 5.74) is 0. The first kappa shape index (κ1) is 9.75. The van der Waals surface area contributed by atoms with Gasteiger partial charge in [0, 0.05) is 14.1 Å². The van der Waals surface area contributed by atoms with Crippen LogP contribution in [-0.2, 0) is 0 Å². The molecule has 1 amide bonds. The number of halogens is 1. The van der Waals surface area contributed by atoms with Crippen LogP contribution in [0.2, 0.25) is 0 Å². The van der Waals surface area contributed by atoms with Gasteiger partial charge in [-0.3, -0.25) is 0 Å². The number of carbonyl (C=O) groups is 1. The highest BCUT2D eigenvalue weighted by molar-refractivity contribution is 5.85. The summed E-state index contributed by atoms with van der Waals surface area (Å²) < 4.78 is 0. The molecule has 0 aromatic heterocycles. The average Bonchev–Trinajstić information content (AvgIpc) is 1.36. The van der Waals surface area contributed by atoms with E-state index >= 15 is 0 Å².